The molecule has 0 radical (unpaired) electrons. The average Bonchev–Trinajstić information content (AvgIpc) is 0.876. The van der Waals surface area contributed by atoms with Gasteiger partial charge >= 0.3 is 29.8 Å². The highest BCUT2D eigenvalue weighted by Crippen LogP contribution is 2.32. The van der Waals surface area contributed by atoms with E-state index in [9.17, 15) is 43.7 Å². The lowest BCUT2D eigenvalue weighted by Gasteiger charge is -2.06. The van der Waals surface area contributed by atoms with E-state index in [1.165, 1.54) is 150 Å². The molecule has 20 heteroatoms. The van der Waals surface area contributed by atoms with Gasteiger partial charge in [0.2, 0.25) is 0 Å². The number of benzene rings is 5. The Morgan fingerprint density at radius 2 is 0.500 bits per heavy atom. The second-order valence-electron chi connectivity index (χ2n) is 35.1. The summed E-state index contributed by atoms with van der Waals surface area (Å²) in [5, 5.41) is 37.9. The molecule has 0 fully saturated rings. The molecular weight excluding hydrogens is 1900 g/mol. The molecule has 0 aliphatic rings. The van der Waals surface area contributed by atoms with Crippen molar-refractivity contribution in [3.8, 4) is 0 Å². The predicted molar refractivity (Wildman–Crippen MR) is 623 cm³/mol. The molecule has 0 aliphatic heterocycles. The number of carboxylic acid groups (broad SMARTS) is 4. The van der Waals surface area contributed by atoms with Gasteiger partial charge in [-0.25, -0.2) is 28.4 Å². The van der Waals surface area contributed by atoms with Gasteiger partial charge in [0, 0.05) is 63.3 Å². The minimum absolute atomic E-state index is 0. The molecule has 0 aliphatic carbocycles. The Kier molecular flexibility index (Phi) is 85.1. The summed E-state index contributed by atoms with van der Waals surface area (Å²) in [6.07, 6.45) is 62.1. The van der Waals surface area contributed by atoms with Gasteiger partial charge in [-0.1, -0.05) is 256 Å². The highest BCUT2D eigenvalue weighted by atomic mass is 35.5. The van der Waals surface area contributed by atoms with Gasteiger partial charge in [-0.2, -0.15) is 12.6 Å². The fourth-order valence-corrected chi connectivity index (χ4v) is 18.3. The molecule has 0 bridgehead atoms. The molecule has 0 atom stereocenters. The molecule has 0 amide bonds. The van der Waals surface area contributed by atoms with Crippen molar-refractivity contribution < 1.29 is 58.2 Å². The number of esters is 1. The van der Waals surface area contributed by atoms with Crippen LogP contribution in [0.1, 0.15) is 361 Å². The van der Waals surface area contributed by atoms with Crippen LogP contribution in [0.15, 0.2) is 314 Å². The highest BCUT2D eigenvalue weighted by molar-refractivity contribution is 8.00. The molecule has 0 heterocycles. The van der Waals surface area contributed by atoms with E-state index in [-0.39, 0.29) is 39.4 Å². The SMILES string of the molecule is C.C.C.CC(C)=CCC/C(C)=C/CC/C(C)=C/CC/C(C)=C/CSc1ccccc1C(=O)O.CC(C)=CCC/C(C)=C/CC/C(C)=C/CSc1cc(Cl)ccc1C(=O)O.CC(C)=CCC/C(C)=C/CC/C(C)=C/CSc1ccc(Cl)cc1C(=O)O.CC(C)=CCC/C(C)=C/CC/C(C)=C/CSc1ccc(F)cc1C(=O)O.COC(=O)c1ccccc1SC/C=C(\C)CC/C=C(\C)CCC=C(C)C.CS.[3H]F. The third-order valence-electron chi connectivity index (χ3n) is 20.9. The second kappa shape index (κ2) is 86.3. The summed E-state index contributed by atoms with van der Waals surface area (Å²) in [5.41, 5.74) is 23.9. The first kappa shape index (κ1) is 138. The van der Waals surface area contributed by atoms with Crippen LogP contribution in [0, 0.1) is 5.82 Å². The van der Waals surface area contributed by atoms with Crippen molar-refractivity contribution in [1.29, 1.82) is 1.45 Å². The minimum atomic E-state index is -1.10. The topological polar surface area (TPSA) is 175 Å². The van der Waals surface area contributed by atoms with Gasteiger partial charge < -0.3 is 25.2 Å². The molecular formula is C120H174Cl2F2O10S6. The Bertz CT molecular complexity index is 4890. The molecule has 0 spiro atoms. The van der Waals surface area contributed by atoms with Crippen LogP contribution in [-0.4, -0.2) is 93.9 Å². The van der Waals surface area contributed by atoms with Crippen molar-refractivity contribution in [2.24, 2.45) is 0 Å². The third-order valence-corrected chi connectivity index (χ3v) is 26.4. The van der Waals surface area contributed by atoms with Crippen LogP contribution in [-0.2, 0) is 4.74 Å². The first-order chi connectivity index (χ1) is 65.6. The first-order valence-corrected chi connectivity index (χ1v) is 53.7. The lowest BCUT2D eigenvalue weighted by Crippen LogP contribution is -2.02. The van der Waals surface area contributed by atoms with Crippen molar-refractivity contribution in [3.63, 3.8) is 0 Å². The molecule has 140 heavy (non-hydrogen) atoms. The van der Waals surface area contributed by atoms with Crippen molar-refractivity contribution in [3.05, 3.63) is 333 Å². The van der Waals surface area contributed by atoms with Gasteiger partial charge in [0.15, 0.2) is 0 Å². The number of thioether (sulfide) groups is 5. The summed E-state index contributed by atoms with van der Waals surface area (Å²) in [6, 6.07) is 28.6. The normalized spacial score (nSPS) is 11.9. The number of thiol groups is 1. The van der Waals surface area contributed by atoms with E-state index in [2.05, 4.69) is 257 Å². The van der Waals surface area contributed by atoms with Gasteiger partial charge in [0.05, 0.1) is 34.9 Å². The number of hydrogen-bond acceptors (Lipinski definition) is 12. The van der Waals surface area contributed by atoms with Crippen molar-refractivity contribution in [1.82, 2.24) is 0 Å². The van der Waals surface area contributed by atoms with Crippen LogP contribution in [0.2, 0.25) is 10.0 Å². The average molecular weight is 2080 g/mol. The molecule has 0 unspecified atom stereocenters. The van der Waals surface area contributed by atoms with E-state index in [0.717, 1.165) is 185 Å². The summed E-state index contributed by atoms with van der Waals surface area (Å²) in [7, 11) is 1.42. The van der Waals surface area contributed by atoms with E-state index < -0.39 is 29.7 Å². The maximum absolute atomic E-state index is 13.2. The van der Waals surface area contributed by atoms with Crippen molar-refractivity contribution in [2.45, 2.75) is 333 Å². The van der Waals surface area contributed by atoms with Crippen LogP contribution in [0.5, 0.6) is 0 Å². The number of hydrogen-bond donors (Lipinski definition) is 5. The Morgan fingerprint density at radius 3 is 0.771 bits per heavy atom. The Hall–Kier alpha value is -8.17. The summed E-state index contributed by atoms with van der Waals surface area (Å²) >= 11 is 23.1. The van der Waals surface area contributed by atoms with E-state index in [4.69, 9.17) is 37.8 Å². The van der Waals surface area contributed by atoms with Crippen LogP contribution >= 0.6 is 94.6 Å². The molecule has 5 aromatic carbocycles. The third kappa shape index (κ3) is 73.8. The zero-order valence-electron chi connectivity index (χ0n) is 87.4. The van der Waals surface area contributed by atoms with Crippen LogP contribution < -0.4 is 0 Å². The lowest BCUT2D eigenvalue weighted by atomic mass is 10.0. The largest absolute Gasteiger partial charge is 0.478 e. The lowest BCUT2D eigenvalue weighted by molar-refractivity contribution is 0.0594. The fraction of sp³-hybridized carbons (Fsp3) is 0.442. The van der Waals surface area contributed by atoms with Crippen LogP contribution in [0.3, 0.4) is 0 Å². The maximum atomic E-state index is 13.2. The van der Waals surface area contributed by atoms with Crippen molar-refractivity contribution >= 4 is 124 Å². The number of rotatable bonds is 53. The summed E-state index contributed by atoms with van der Waals surface area (Å²) < 4.78 is 31.0. The van der Waals surface area contributed by atoms with Gasteiger partial charge in [0.25, 0.3) is 1.45 Å². The van der Waals surface area contributed by atoms with Gasteiger partial charge in [-0.15, -0.1) is 58.8 Å². The van der Waals surface area contributed by atoms with Gasteiger partial charge in [0.1, 0.15) is 5.82 Å². The Balaban J connectivity index is -0.000000539. The fourth-order valence-electron chi connectivity index (χ4n) is 12.7. The molecule has 5 aromatic rings. The van der Waals surface area contributed by atoms with Gasteiger partial charge in [-0.3, -0.25) is 4.72 Å². The quantitative estimate of drug-likeness (QED) is 0.0108. The number of allylic oxidation sites excluding steroid dienone is 27. The predicted octanol–water partition coefficient (Wildman–Crippen LogP) is 40.3. The zero-order valence-corrected chi connectivity index (χ0v) is 92.9. The van der Waals surface area contributed by atoms with Crippen molar-refractivity contribution in [2.75, 3.05) is 42.1 Å². The summed E-state index contributed by atoms with van der Waals surface area (Å²) in [5.74, 6) is -0.763. The molecule has 778 valence electrons. The zero-order chi connectivity index (χ0) is 104. The number of carbonyl (C=O) groups excluding carboxylic acids is 1. The van der Waals surface area contributed by atoms with E-state index in [0.29, 0.717) is 42.3 Å². The highest BCUT2D eigenvalue weighted by Gasteiger charge is 2.16. The summed E-state index contributed by atoms with van der Waals surface area (Å²) in [6.45, 7) is 45.3. The standard InChI is InChI=1S/C27H38O2S.C23H32O2S.2C22H29ClO2S.C22H29FO2S.CH4S.3CH4.FH/c1-21(2)11-8-12-22(3)13-9-14-23(4)15-10-16-24(5)19-20-30-26-18-7-6-17-25(26)27(28)29;1-18(2)10-8-11-19(3)12-9-13-20(4)16-17-26-22-15-7-6-14-21(22)23(24)25-5;1-16(2)7-5-8-17(3)9-6-10-18(4)13-14-26-21-12-11-19(23)15-20(21)22(24)25;1-16(2)7-5-8-17(3)9-6-10-18(4)13-14-26-21-15-19(23)11-12-20(21)22(24)25;1-16(2)7-5-8-17(3)9-6-10-18(4)13-14-26-21-12-11-19(23)15-20(21)22(24)25;1-2;;;;/h6-7,11,13,15,17-19H,8-10,12,14,16,20H2,1-5H3,(H,28,29);6-7,10,12,14-16H,8-9,11,13,17H2,1-5H3;3*7,9,11-13,15H,5-6,8,10,14H2,1-4H3,(H,24,25);2H,1H3;3*1H4;1H/b22-13+,23-15+,24-19+;19-12+,20-16+;3*17-9+,18-13+;;;;;/i/hT. The number of aromatic carboxylic acids is 4. The monoisotopic (exact) mass is 2080 g/mol. The minimum Gasteiger partial charge on any atom is -0.478 e. The first-order valence-electron chi connectivity index (χ1n) is 47.5. The van der Waals surface area contributed by atoms with E-state index in [1.807, 2.05) is 36.4 Å². The summed E-state index contributed by atoms with van der Waals surface area (Å²) in [4.78, 5) is 60.7. The molecule has 0 aromatic heterocycles. The molecule has 0 saturated carbocycles. The second-order valence-corrected chi connectivity index (χ2v) is 41.3. The number of ether oxygens (including phenoxy) is 1. The van der Waals surface area contributed by atoms with Gasteiger partial charge in [-0.05, 0) is 372 Å². The van der Waals surface area contributed by atoms with E-state index >= 15 is 0 Å². The Morgan fingerprint density at radius 1 is 0.293 bits per heavy atom. The number of carboxylic acids is 4. The maximum Gasteiger partial charge on any atom is 0.338 e. The van der Waals surface area contributed by atoms with E-state index in [1.54, 1.807) is 72.2 Å². The molecule has 0 saturated heterocycles. The number of carbonyl (C=O) groups is 5. The van der Waals surface area contributed by atoms with Crippen LogP contribution in [0.25, 0.3) is 0 Å². The van der Waals surface area contributed by atoms with Crippen LogP contribution in [0.4, 0.5) is 9.11 Å². The smallest absolute Gasteiger partial charge is 0.338 e. The number of methoxy groups -OCH3 is 1. The Labute approximate surface area is 885 Å². The number of halogens is 4. The molecule has 5 rings (SSSR count). The molecule has 10 nitrogen and oxygen atoms in total. The molecule has 4 N–H and O–H groups in total.